The van der Waals surface area contributed by atoms with Crippen LogP contribution in [0.4, 0.5) is 0 Å². The number of hydrogen-bond donors (Lipinski definition) is 2. The molecule has 4 nitrogen and oxygen atoms in total. The predicted octanol–water partition coefficient (Wildman–Crippen LogP) is 3.59. The monoisotopic (exact) mass is 291 g/mol. The van der Waals surface area contributed by atoms with Gasteiger partial charge in [-0.2, -0.15) is 0 Å². The van der Waals surface area contributed by atoms with Crippen molar-refractivity contribution in [2.75, 3.05) is 7.11 Å². The van der Waals surface area contributed by atoms with Gasteiger partial charge in [0.1, 0.15) is 11.4 Å². The molecule has 1 aliphatic rings. The number of methoxy groups -OCH3 is 1. The third-order valence-electron chi connectivity index (χ3n) is 4.82. The second-order valence-electron chi connectivity index (χ2n) is 6.16. The summed E-state index contributed by atoms with van der Waals surface area (Å²) in [5, 5.41) is 0. The molecule has 1 fully saturated rings. The van der Waals surface area contributed by atoms with Gasteiger partial charge in [0.25, 0.3) is 0 Å². The highest BCUT2D eigenvalue weighted by Crippen LogP contribution is 2.39. The lowest BCUT2D eigenvalue weighted by atomic mass is 9.76. The van der Waals surface area contributed by atoms with Crippen LogP contribution in [-0.4, -0.2) is 12.1 Å². The molecule has 2 rings (SSSR count). The lowest BCUT2D eigenvalue weighted by molar-refractivity contribution is 0.208. The van der Waals surface area contributed by atoms with Gasteiger partial charge in [0.05, 0.1) is 13.2 Å². The summed E-state index contributed by atoms with van der Waals surface area (Å²) in [4.78, 5) is 4.50. The number of hydrazine groups is 1. The molecule has 1 aromatic rings. The summed E-state index contributed by atoms with van der Waals surface area (Å²) in [7, 11) is 1.69. The number of pyridine rings is 1. The number of nitrogens with two attached hydrogens (primary N) is 1. The van der Waals surface area contributed by atoms with Gasteiger partial charge < -0.3 is 4.74 Å². The Morgan fingerprint density at radius 2 is 2.14 bits per heavy atom. The molecule has 0 radical (unpaired) electrons. The molecule has 118 valence electrons. The van der Waals surface area contributed by atoms with Crippen LogP contribution in [0.5, 0.6) is 5.75 Å². The van der Waals surface area contributed by atoms with E-state index in [1.165, 1.54) is 44.9 Å². The molecule has 0 bridgehead atoms. The molecule has 0 saturated heterocycles. The summed E-state index contributed by atoms with van der Waals surface area (Å²) in [6.45, 7) is 2.27. The average Bonchev–Trinajstić information content (AvgIpc) is 2.55. The van der Waals surface area contributed by atoms with Gasteiger partial charge in [0.2, 0.25) is 0 Å². The van der Waals surface area contributed by atoms with Crippen LogP contribution in [0.15, 0.2) is 18.3 Å². The van der Waals surface area contributed by atoms with Crippen molar-refractivity contribution in [3.05, 3.63) is 24.0 Å². The minimum Gasteiger partial charge on any atom is -0.495 e. The minimum atomic E-state index is 0.0910. The van der Waals surface area contributed by atoms with Gasteiger partial charge in [0, 0.05) is 6.20 Å². The van der Waals surface area contributed by atoms with Crippen molar-refractivity contribution < 1.29 is 4.74 Å². The molecule has 1 aromatic heterocycles. The largest absolute Gasteiger partial charge is 0.495 e. The highest BCUT2D eigenvalue weighted by molar-refractivity contribution is 5.30. The molecule has 1 saturated carbocycles. The van der Waals surface area contributed by atoms with Crippen LogP contribution < -0.4 is 16.0 Å². The molecule has 3 N–H and O–H groups in total. The molecular formula is C17H29N3O. The zero-order valence-corrected chi connectivity index (χ0v) is 13.3. The first-order valence-electron chi connectivity index (χ1n) is 8.25. The van der Waals surface area contributed by atoms with Crippen molar-refractivity contribution in [1.29, 1.82) is 0 Å². The summed E-state index contributed by atoms with van der Waals surface area (Å²) in [5.74, 6) is 8.12. The minimum absolute atomic E-state index is 0.0910. The van der Waals surface area contributed by atoms with Gasteiger partial charge in [0.15, 0.2) is 0 Å². The third kappa shape index (κ3) is 4.17. The van der Waals surface area contributed by atoms with Crippen molar-refractivity contribution in [2.24, 2.45) is 17.7 Å². The Morgan fingerprint density at radius 3 is 2.76 bits per heavy atom. The van der Waals surface area contributed by atoms with Crippen molar-refractivity contribution in [1.82, 2.24) is 10.4 Å². The molecular weight excluding hydrogens is 262 g/mol. The van der Waals surface area contributed by atoms with E-state index in [0.29, 0.717) is 5.92 Å². The number of ether oxygens (including phenoxy) is 1. The summed E-state index contributed by atoms with van der Waals surface area (Å²) >= 11 is 0. The molecule has 1 aliphatic carbocycles. The van der Waals surface area contributed by atoms with Crippen LogP contribution in [0.2, 0.25) is 0 Å². The summed E-state index contributed by atoms with van der Waals surface area (Å²) in [6, 6.07) is 3.95. The second-order valence-corrected chi connectivity index (χ2v) is 6.16. The summed E-state index contributed by atoms with van der Waals surface area (Å²) < 4.78 is 5.44. The normalized spacial score (nSPS) is 23.8. The molecule has 21 heavy (non-hydrogen) atoms. The Balaban J connectivity index is 1.99. The molecule has 1 unspecified atom stereocenters. The van der Waals surface area contributed by atoms with Crippen LogP contribution >= 0.6 is 0 Å². The van der Waals surface area contributed by atoms with E-state index in [1.54, 1.807) is 7.11 Å². The zero-order chi connectivity index (χ0) is 15.1. The van der Waals surface area contributed by atoms with Crippen molar-refractivity contribution in [3.8, 4) is 5.75 Å². The number of aromatic nitrogens is 1. The Labute approximate surface area is 128 Å². The fourth-order valence-corrected chi connectivity index (χ4v) is 3.55. The number of unbranched alkanes of at least 4 members (excludes halogenated alkanes) is 1. The first-order chi connectivity index (χ1) is 10.3. The van der Waals surface area contributed by atoms with Crippen molar-refractivity contribution >= 4 is 0 Å². The van der Waals surface area contributed by atoms with E-state index in [-0.39, 0.29) is 6.04 Å². The van der Waals surface area contributed by atoms with Crippen LogP contribution in [0.25, 0.3) is 0 Å². The molecule has 0 spiro atoms. The molecule has 0 aliphatic heterocycles. The van der Waals surface area contributed by atoms with Crippen molar-refractivity contribution in [2.45, 2.75) is 57.9 Å². The smallest absolute Gasteiger partial charge is 0.142 e. The van der Waals surface area contributed by atoms with Crippen molar-refractivity contribution in [3.63, 3.8) is 0 Å². The summed E-state index contributed by atoms with van der Waals surface area (Å²) in [6.07, 6.45) is 11.0. The SMILES string of the molecule is CCCCC1CCC(C(NN)c2ncccc2OC)CC1. The lowest BCUT2D eigenvalue weighted by Gasteiger charge is -2.33. The van der Waals surface area contributed by atoms with Crippen LogP contribution in [0, 0.1) is 11.8 Å². The quantitative estimate of drug-likeness (QED) is 0.595. The van der Waals surface area contributed by atoms with Gasteiger partial charge in [-0.05, 0) is 36.8 Å². The number of nitrogens with zero attached hydrogens (tertiary/aromatic N) is 1. The van der Waals surface area contributed by atoms with Gasteiger partial charge in [-0.1, -0.05) is 39.0 Å². The van der Waals surface area contributed by atoms with Crippen LogP contribution in [0.1, 0.15) is 63.6 Å². The Kier molecular flexibility index (Phi) is 6.46. The maximum absolute atomic E-state index is 5.83. The Bertz CT molecular complexity index is 416. The van der Waals surface area contributed by atoms with Crippen LogP contribution in [0.3, 0.4) is 0 Å². The molecule has 4 heteroatoms. The average molecular weight is 291 g/mol. The van der Waals surface area contributed by atoms with Gasteiger partial charge >= 0.3 is 0 Å². The van der Waals surface area contributed by atoms with Gasteiger partial charge in [-0.25, -0.2) is 0 Å². The maximum Gasteiger partial charge on any atom is 0.142 e. The predicted molar refractivity (Wildman–Crippen MR) is 85.8 cm³/mol. The van der Waals surface area contributed by atoms with E-state index < -0.39 is 0 Å². The molecule has 1 heterocycles. The van der Waals surface area contributed by atoms with E-state index in [0.717, 1.165) is 17.4 Å². The fourth-order valence-electron chi connectivity index (χ4n) is 3.55. The van der Waals surface area contributed by atoms with E-state index in [4.69, 9.17) is 10.6 Å². The number of nitrogens with one attached hydrogen (secondary N) is 1. The van der Waals surface area contributed by atoms with Crippen LogP contribution in [-0.2, 0) is 0 Å². The lowest BCUT2D eigenvalue weighted by Crippen LogP contribution is -2.36. The standard InChI is InChI=1S/C17H29N3O/c1-3-4-6-13-8-10-14(11-9-13)16(20-18)17-15(21-2)7-5-12-19-17/h5,7,12-14,16,20H,3-4,6,8-11,18H2,1-2H3. The first-order valence-corrected chi connectivity index (χ1v) is 8.25. The number of hydrogen-bond acceptors (Lipinski definition) is 4. The second kappa shape index (κ2) is 8.35. The highest BCUT2D eigenvalue weighted by atomic mass is 16.5. The topological polar surface area (TPSA) is 60.2 Å². The van der Waals surface area contributed by atoms with E-state index in [2.05, 4.69) is 17.3 Å². The van der Waals surface area contributed by atoms with Gasteiger partial charge in [-0.15, -0.1) is 0 Å². The van der Waals surface area contributed by atoms with E-state index in [1.807, 2.05) is 18.3 Å². The highest BCUT2D eigenvalue weighted by Gasteiger charge is 2.30. The summed E-state index contributed by atoms with van der Waals surface area (Å²) in [5.41, 5.74) is 3.92. The zero-order valence-electron chi connectivity index (χ0n) is 13.3. The maximum atomic E-state index is 5.83. The molecule has 0 amide bonds. The van der Waals surface area contributed by atoms with E-state index in [9.17, 15) is 0 Å². The first kappa shape index (κ1) is 16.2. The van der Waals surface area contributed by atoms with Gasteiger partial charge in [-0.3, -0.25) is 16.3 Å². The fraction of sp³-hybridized carbons (Fsp3) is 0.706. The number of rotatable bonds is 7. The molecule has 0 aromatic carbocycles. The third-order valence-corrected chi connectivity index (χ3v) is 4.82. The Hall–Kier alpha value is -1.13. The van der Waals surface area contributed by atoms with E-state index >= 15 is 0 Å². The Morgan fingerprint density at radius 1 is 1.38 bits per heavy atom. The molecule has 1 atom stereocenters.